The van der Waals surface area contributed by atoms with Crippen LogP contribution in [0.3, 0.4) is 0 Å². The number of nitrogens with one attached hydrogen (secondary N) is 1. The summed E-state index contributed by atoms with van der Waals surface area (Å²) in [7, 11) is 0. The Hall–Kier alpha value is -0.820. The third kappa shape index (κ3) is 3.69. The molecule has 0 aliphatic heterocycles. The normalized spacial score (nSPS) is 12.9. The fourth-order valence-corrected chi connectivity index (χ4v) is 2.88. The Morgan fingerprint density at radius 1 is 1.43 bits per heavy atom. The average molecular weight is 420 g/mol. The van der Waals surface area contributed by atoms with Crippen molar-refractivity contribution in [2.24, 2.45) is 5.92 Å². The Morgan fingerprint density at radius 3 is 2.76 bits per heavy atom. The van der Waals surface area contributed by atoms with Gasteiger partial charge in [0, 0.05) is 10.1 Å². The van der Waals surface area contributed by atoms with E-state index in [1.807, 2.05) is 29.7 Å². The Balaban J connectivity index is 2.37. The molecule has 0 aliphatic carbocycles. The minimum Gasteiger partial charge on any atom is -0.354 e. The highest BCUT2D eigenvalue weighted by molar-refractivity contribution is 14.1. The van der Waals surface area contributed by atoms with Crippen molar-refractivity contribution in [2.45, 2.75) is 32.7 Å². The number of imidazole rings is 1. The molecule has 1 atom stereocenters. The highest BCUT2D eigenvalue weighted by Crippen LogP contribution is 2.24. The first kappa shape index (κ1) is 16.5. The Kier molecular flexibility index (Phi) is 5.48. The standard InChI is InChI=1S/C15H19ClIN3O/c1-9(2)8-18-15(21)10(3)20-13-5-4-11(17)6-12(13)19-14(20)7-16/h4-6,9-10H,7-8H2,1-3H3,(H,18,21). The molecule has 1 heterocycles. The van der Waals surface area contributed by atoms with Gasteiger partial charge >= 0.3 is 0 Å². The highest BCUT2D eigenvalue weighted by atomic mass is 127. The third-order valence-corrected chi connectivity index (χ3v) is 4.21. The SMILES string of the molecule is CC(C)CNC(=O)C(C)n1c(CCl)nc2cc(I)ccc21. The first-order valence-electron chi connectivity index (χ1n) is 6.94. The van der Waals surface area contributed by atoms with Crippen LogP contribution >= 0.6 is 34.2 Å². The molecule has 2 rings (SSSR count). The minimum absolute atomic E-state index is 0.00656. The molecule has 0 saturated heterocycles. The largest absolute Gasteiger partial charge is 0.354 e. The zero-order chi connectivity index (χ0) is 15.6. The molecule has 1 amide bonds. The van der Waals surface area contributed by atoms with Crippen LogP contribution in [-0.2, 0) is 10.7 Å². The molecular formula is C15H19ClIN3O. The van der Waals surface area contributed by atoms with E-state index in [9.17, 15) is 4.79 Å². The molecule has 1 N–H and O–H groups in total. The Morgan fingerprint density at radius 2 is 2.14 bits per heavy atom. The molecule has 21 heavy (non-hydrogen) atoms. The number of fused-ring (bicyclic) bond motifs is 1. The maximum Gasteiger partial charge on any atom is 0.242 e. The van der Waals surface area contributed by atoms with Crippen LogP contribution in [0.15, 0.2) is 18.2 Å². The van der Waals surface area contributed by atoms with Gasteiger partial charge < -0.3 is 9.88 Å². The summed E-state index contributed by atoms with van der Waals surface area (Å²) in [4.78, 5) is 16.9. The van der Waals surface area contributed by atoms with Gasteiger partial charge in [-0.25, -0.2) is 4.98 Å². The smallest absolute Gasteiger partial charge is 0.242 e. The van der Waals surface area contributed by atoms with Gasteiger partial charge in [0.15, 0.2) is 0 Å². The molecule has 114 valence electrons. The van der Waals surface area contributed by atoms with Crippen molar-refractivity contribution < 1.29 is 4.79 Å². The van der Waals surface area contributed by atoms with Crippen molar-refractivity contribution in [2.75, 3.05) is 6.54 Å². The molecule has 1 aromatic heterocycles. The van der Waals surface area contributed by atoms with Gasteiger partial charge in [0.1, 0.15) is 11.9 Å². The van der Waals surface area contributed by atoms with E-state index < -0.39 is 0 Å². The van der Waals surface area contributed by atoms with Crippen molar-refractivity contribution >= 4 is 51.1 Å². The van der Waals surface area contributed by atoms with E-state index in [2.05, 4.69) is 46.7 Å². The van der Waals surface area contributed by atoms with E-state index >= 15 is 0 Å². The third-order valence-electron chi connectivity index (χ3n) is 3.30. The van der Waals surface area contributed by atoms with Crippen LogP contribution in [0, 0.1) is 9.49 Å². The summed E-state index contributed by atoms with van der Waals surface area (Å²) in [6, 6.07) is 5.67. The second-order valence-electron chi connectivity index (χ2n) is 5.48. The molecule has 6 heteroatoms. The highest BCUT2D eigenvalue weighted by Gasteiger charge is 2.21. The van der Waals surface area contributed by atoms with Gasteiger partial charge in [-0.05, 0) is 53.6 Å². The van der Waals surface area contributed by atoms with Gasteiger partial charge in [-0.2, -0.15) is 0 Å². The number of benzene rings is 1. The number of amides is 1. The van der Waals surface area contributed by atoms with E-state index in [0.717, 1.165) is 20.4 Å². The predicted octanol–water partition coefficient (Wildman–Crippen LogP) is 3.71. The molecule has 0 radical (unpaired) electrons. The molecule has 1 aromatic carbocycles. The lowest BCUT2D eigenvalue weighted by Gasteiger charge is -2.17. The summed E-state index contributed by atoms with van der Waals surface area (Å²) in [6.45, 7) is 6.70. The van der Waals surface area contributed by atoms with Crippen LogP contribution in [0.1, 0.15) is 32.6 Å². The fraction of sp³-hybridized carbons (Fsp3) is 0.467. The van der Waals surface area contributed by atoms with Crippen molar-refractivity contribution in [3.63, 3.8) is 0 Å². The van der Waals surface area contributed by atoms with Crippen molar-refractivity contribution in [1.82, 2.24) is 14.9 Å². The number of hydrogen-bond acceptors (Lipinski definition) is 2. The summed E-state index contributed by atoms with van der Waals surface area (Å²) < 4.78 is 3.04. The molecular weight excluding hydrogens is 401 g/mol. The Labute approximate surface area is 143 Å². The van der Waals surface area contributed by atoms with Crippen LogP contribution in [0.4, 0.5) is 0 Å². The number of halogens is 2. The molecule has 0 bridgehead atoms. The Bertz CT molecular complexity index is 654. The number of rotatable bonds is 5. The summed E-state index contributed by atoms with van der Waals surface area (Å²) >= 11 is 8.25. The number of aromatic nitrogens is 2. The van der Waals surface area contributed by atoms with Gasteiger partial charge in [0.2, 0.25) is 5.91 Å². The predicted molar refractivity (Wildman–Crippen MR) is 94.6 cm³/mol. The minimum atomic E-state index is -0.331. The van der Waals surface area contributed by atoms with Gasteiger partial charge in [-0.15, -0.1) is 11.6 Å². The topological polar surface area (TPSA) is 46.9 Å². The van der Waals surface area contributed by atoms with Gasteiger partial charge in [-0.3, -0.25) is 4.79 Å². The number of carbonyl (C=O) groups excluding carboxylic acids is 1. The second-order valence-corrected chi connectivity index (χ2v) is 6.99. The summed E-state index contributed by atoms with van der Waals surface area (Å²) in [5.74, 6) is 1.43. The fourth-order valence-electron chi connectivity index (χ4n) is 2.22. The maximum absolute atomic E-state index is 12.3. The lowest BCUT2D eigenvalue weighted by atomic mass is 10.2. The van der Waals surface area contributed by atoms with Crippen molar-refractivity contribution in [3.05, 3.63) is 27.6 Å². The first-order chi connectivity index (χ1) is 9.93. The average Bonchev–Trinajstić information content (AvgIpc) is 2.81. The lowest BCUT2D eigenvalue weighted by molar-refractivity contribution is -0.124. The molecule has 0 aliphatic rings. The van der Waals surface area contributed by atoms with E-state index in [-0.39, 0.29) is 17.8 Å². The summed E-state index contributed by atoms with van der Waals surface area (Å²) in [5, 5.41) is 2.97. The van der Waals surface area contributed by atoms with Crippen molar-refractivity contribution in [1.29, 1.82) is 0 Å². The van der Waals surface area contributed by atoms with Gasteiger partial charge in [-0.1, -0.05) is 13.8 Å². The van der Waals surface area contributed by atoms with Gasteiger partial charge in [0.25, 0.3) is 0 Å². The van der Waals surface area contributed by atoms with E-state index in [0.29, 0.717) is 12.5 Å². The number of carbonyl (C=O) groups is 1. The number of hydrogen-bond donors (Lipinski definition) is 1. The maximum atomic E-state index is 12.3. The first-order valence-corrected chi connectivity index (χ1v) is 8.55. The number of alkyl halides is 1. The lowest BCUT2D eigenvalue weighted by Crippen LogP contribution is -2.34. The number of nitrogens with zero attached hydrogens (tertiary/aromatic N) is 2. The molecule has 4 nitrogen and oxygen atoms in total. The van der Waals surface area contributed by atoms with Crippen LogP contribution in [0.25, 0.3) is 11.0 Å². The van der Waals surface area contributed by atoms with Crippen LogP contribution in [0.5, 0.6) is 0 Å². The van der Waals surface area contributed by atoms with Gasteiger partial charge in [0.05, 0.1) is 16.9 Å². The monoisotopic (exact) mass is 419 g/mol. The molecule has 2 aromatic rings. The van der Waals surface area contributed by atoms with E-state index in [1.165, 1.54) is 0 Å². The zero-order valence-corrected chi connectivity index (χ0v) is 15.3. The molecule has 0 saturated carbocycles. The quantitative estimate of drug-likeness (QED) is 0.593. The summed E-state index contributed by atoms with van der Waals surface area (Å²) in [6.07, 6.45) is 0. The van der Waals surface area contributed by atoms with Crippen LogP contribution in [0.2, 0.25) is 0 Å². The summed E-state index contributed by atoms with van der Waals surface area (Å²) in [5.41, 5.74) is 1.82. The van der Waals surface area contributed by atoms with Crippen LogP contribution in [-0.4, -0.2) is 22.0 Å². The van der Waals surface area contributed by atoms with E-state index in [1.54, 1.807) is 0 Å². The van der Waals surface area contributed by atoms with Crippen molar-refractivity contribution in [3.8, 4) is 0 Å². The molecule has 0 fully saturated rings. The van der Waals surface area contributed by atoms with E-state index in [4.69, 9.17) is 11.6 Å². The molecule has 1 unspecified atom stereocenters. The van der Waals surface area contributed by atoms with Crippen LogP contribution < -0.4 is 5.32 Å². The molecule has 0 spiro atoms. The second kappa shape index (κ2) is 6.96. The zero-order valence-electron chi connectivity index (χ0n) is 12.4.